The van der Waals surface area contributed by atoms with Crippen molar-refractivity contribution in [2.75, 3.05) is 32.8 Å². The summed E-state index contributed by atoms with van der Waals surface area (Å²) < 4.78 is 31.9. The molecule has 0 aliphatic carbocycles. The van der Waals surface area contributed by atoms with Crippen LogP contribution in [0.5, 0.6) is 17.4 Å². The zero-order valence-corrected chi connectivity index (χ0v) is 28.2. The maximum absolute atomic E-state index is 12.5. The molecule has 1 aliphatic rings. The molecule has 2 aromatic heterocycles. The van der Waals surface area contributed by atoms with E-state index >= 15 is 0 Å². The zero-order chi connectivity index (χ0) is 34.5. The Morgan fingerprint density at radius 2 is 1.57 bits per heavy atom. The minimum Gasteiger partial charge on any atom is -0.497 e. The fraction of sp³-hybridized carbons (Fsp3) is 0.351. The van der Waals surface area contributed by atoms with Gasteiger partial charge in [-0.2, -0.15) is 9.97 Å². The number of methoxy groups -OCH3 is 2. The quantitative estimate of drug-likeness (QED) is 0.155. The first-order valence-electron chi connectivity index (χ1n) is 16.3. The summed E-state index contributed by atoms with van der Waals surface area (Å²) in [5.41, 5.74) is 2.38. The van der Waals surface area contributed by atoms with Crippen molar-refractivity contribution < 1.29 is 33.6 Å². The largest absolute Gasteiger partial charge is 0.497 e. The second kappa shape index (κ2) is 14.6. The lowest BCUT2D eigenvalue weighted by Crippen LogP contribution is -2.38. The number of rotatable bonds is 13. The lowest BCUT2D eigenvalue weighted by molar-refractivity contribution is -0.118. The highest BCUT2D eigenvalue weighted by atomic mass is 16.6. The van der Waals surface area contributed by atoms with E-state index in [0.717, 1.165) is 16.7 Å². The van der Waals surface area contributed by atoms with Crippen molar-refractivity contribution >= 4 is 23.0 Å². The van der Waals surface area contributed by atoms with Crippen molar-refractivity contribution in [3.8, 4) is 17.4 Å². The average Bonchev–Trinajstić information content (AvgIpc) is 3.72. The predicted octanol–water partition coefficient (Wildman–Crippen LogP) is 5.49. The molecule has 1 aliphatic heterocycles. The van der Waals surface area contributed by atoms with Gasteiger partial charge < -0.3 is 28.8 Å². The average molecular weight is 668 g/mol. The monoisotopic (exact) mass is 667 g/mol. The molecule has 1 fully saturated rings. The second-order valence-electron chi connectivity index (χ2n) is 12.0. The van der Waals surface area contributed by atoms with Gasteiger partial charge in [-0.25, -0.2) is 4.98 Å². The van der Waals surface area contributed by atoms with Crippen molar-refractivity contribution in [1.82, 2.24) is 19.5 Å². The lowest BCUT2D eigenvalue weighted by atomic mass is 9.80. The van der Waals surface area contributed by atoms with Gasteiger partial charge in [0.2, 0.25) is 17.7 Å². The number of anilines is 1. The number of ether oxygens (including phenoxy) is 5. The van der Waals surface area contributed by atoms with E-state index in [4.69, 9.17) is 23.7 Å². The Balaban J connectivity index is 1.34. The summed E-state index contributed by atoms with van der Waals surface area (Å²) in [5.74, 6) is 1.28. The molecule has 256 valence electrons. The number of aliphatic hydroxyl groups excluding tert-OH is 1. The highest BCUT2D eigenvalue weighted by Crippen LogP contribution is 2.43. The predicted molar refractivity (Wildman–Crippen MR) is 183 cm³/mol. The van der Waals surface area contributed by atoms with E-state index in [9.17, 15) is 9.90 Å². The van der Waals surface area contributed by atoms with Crippen LogP contribution < -0.4 is 19.5 Å². The van der Waals surface area contributed by atoms with E-state index in [2.05, 4.69) is 20.3 Å². The van der Waals surface area contributed by atoms with Gasteiger partial charge in [0.05, 0.1) is 39.9 Å². The molecule has 0 saturated carbocycles. The number of nitrogens with one attached hydrogen (secondary N) is 1. The molecule has 0 radical (unpaired) electrons. The van der Waals surface area contributed by atoms with Crippen molar-refractivity contribution in [2.24, 2.45) is 5.92 Å². The smallest absolute Gasteiger partial charge is 0.247 e. The molecule has 2 N–H and O–H groups in total. The highest BCUT2D eigenvalue weighted by Gasteiger charge is 2.42. The second-order valence-corrected chi connectivity index (χ2v) is 12.0. The molecule has 0 unspecified atom stereocenters. The maximum atomic E-state index is 12.5. The van der Waals surface area contributed by atoms with Crippen LogP contribution in [0.1, 0.15) is 50.1 Å². The number of aromatic nitrogens is 4. The fourth-order valence-corrected chi connectivity index (χ4v) is 5.97. The molecule has 49 heavy (non-hydrogen) atoms. The summed E-state index contributed by atoms with van der Waals surface area (Å²) in [5, 5.41) is 14.1. The van der Waals surface area contributed by atoms with E-state index < -0.39 is 24.0 Å². The molecule has 6 rings (SSSR count). The van der Waals surface area contributed by atoms with E-state index in [0.29, 0.717) is 29.3 Å². The first kappa shape index (κ1) is 33.8. The molecule has 12 nitrogen and oxygen atoms in total. The summed E-state index contributed by atoms with van der Waals surface area (Å²) in [4.78, 5) is 25.9. The zero-order valence-electron chi connectivity index (χ0n) is 28.2. The Kier molecular flexibility index (Phi) is 10.1. The van der Waals surface area contributed by atoms with E-state index in [1.807, 2.05) is 85.8 Å². The fourth-order valence-electron chi connectivity index (χ4n) is 5.97. The molecule has 0 bridgehead atoms. The first-order valence-corrected chi connectivity index (χ1v) is 16.3. The van der Waals surface area contributed by atoms with Crippen LogP contribution >= 0.6 is 0 Å². The summed E-state index contributed by atoms with van der Waals surface area (Å²) in [6.45, 7) is 5.80. The van der Waals surface area contributed by atoms with Gasteiger partial charge in [0.15, 0.2) is 11.2 Å². The Hall–Kier alpha value is -5.04. The van der Waals surface area contributed by atoms with E-state index in [1.54, 1.807) is 39.0 Å². The van der Waals surface area contributed by atoms with Crippen molar-refractivity contribution in [3.05, 3.63) is 102 Å². The number of amides is 1. The first-order chi connectivity index (χ1) is 23.8. The van der Waals surface area contributed by atoms with Crippen LogP contribution in [0.3, 0.4) is 0 Å². The Labute approximate surface area is 285 Å². The van der Waals surface area contributed by atoms with E-state index in [1.165, 1.54) is 0 Å². The van der Waals surface area contributed by atoms with Gasteiger partial charge in [0.1, 0.15) is 29.4 Å². The lowest BCUT2D eigenvalue weighted by Gasteiger charge is -2.37. The minimum atomic E-state index is -1.08. The normalized spacial score (nSPS) is 17.7. The van der Waals surface area contributed by atoms with Gasteiger partial charge in [-0.15, -0.1) is 0 Å². The number of nitrogens with zero attached hydrogens (tertiary/aromatic N) is 4. The standard InChI is InChI=1S/C37H41N5O7/c1-6-47-35-32-33(39-36(41-35)40-34(44)23(2)3)42(22-38-32)31-20-29(43)30(49-31)21-48-37(24-10-8-7-9-11-24,25-12-16-27(45-4)17-13-25)26-14-18-28(46-5)19-15-26/h7-19,22-23,29-31,43H,6,20-21H2,1-5H3,(H,39,40,41,44)/t29-,30+,31+/m0/s1. The van der Waals surface area contributed by atoms with Gasteiger partial charge in [-0.3, -0.25) is 14.7 Å². The number of benzene rings is 3. The van der Waals surface area contributed by atoms with Crippen molar-refractivity contribution in [3.63, 3.8) is 0 Å². The molecule has 3 heterocycles. The highest BCUT2D eigenvalue weighted by molar-refractivity contribution is 5.91. The van der Waals surface area contributed by atoms with Crippen LogP contribution in [0.15, 0.2) is 85.2 Å². The third-order valence-corrected chi connectivity index (χ3v) is 8.58. The van der Waals surface area contributed by atoms with Gasteiger partial charge in [-0.1, -0.05) is 68.4 Å². The van der Waals surface area contributed by atoms with Gasteiger partial charge >= 0.3 is 0 Å². The summed E-state index contributed by atoms with van der Waals surface area (Å²) in [6.07, 6.45) is -0.351. The minimum absolute atomic E-state index is 0.0477. The topological polar surface area (TPSA) is 139 Å². The molecule has 5 aromatic rings. The van der Waals surface area contributed by atoms with Crippen LogP contribution in [0.4, 0.5) is 5.95 Å². The van der Waals surface area contributed by atoms with Crippen molar-refractivity contribution in [1.29, 1.82) is 0 Å². The Morgan fingerprint density at radius 1 is 0.959 bits per heavy atom. The summed E-state index contributed by atoms with van der Waals surface area (Å²) >= 11 is 0. The third kappa shape index (κ3) is 6.80. The molecule has 1 amide bonds. The number of hydrogen-bond acceptors (Lipinski definition) is 10. The summed E-state index contributed by atoms with van der Waals surface area (Å²) in [7, 11) is 3.26. The SMILES string of the molecule is CCOc1nc(NC(=O)C(C)C)nc2c1ncn2[C@H]1C[C@H](O)[C@@H](COC(c2ccccc2)(c2ccc(OC)cc2)c2ccc(OC)cc2)O1. The van der Waals surface area contributed by atoms with Crippen LogP contribution in [-0.4, -0.2) is 70.2 Å². The molecule has 1 saturated heterocycles. The number of imidazole rings is 1. The molecule has 3 atom stereocenters. The van der Waals surface area contributed by atoms with E-state index in [-0.39, 0.29) is 36.7 Å². The van der Waals surface area contributed by atoms with Gasteiger partial charge in [0.25, 0.3) is 0 Å². The molecule has 12 heteroatoms. The van der Waals surface area contributed by atoms with Gasteiger partial charge in [-0.05, 0) is 47.9 Å². The van der Waals surface area contributed by atoms with Crippen LogP contribution in [-0.2, 0) is 19.9 Å². The number of aliphatic hydroxyl groups is 1. The maximum Gasteiger partial charge on any atom is 0.247 e. The van der Waals surface area contributed by atoms with Gasteiger partial charge in [0, 0.05) is 12.3 Å². The number of carbonyl (C=O) groups is 1. The number of fused-ring (bicyclic) bond motifs is 1. The Bertz CT molecular complexity index is 1820. The van der Waals surface area contributed by atoms with Crippen LogP contribution in [0.2, 0.25) is 0 Å². The molecule has 3 aromatic carbocycles. The molecular weight excluding hydrogens is 626 g/mol. The van der Waals surface area contributed by atoms with Crippen LogP contribution in [0, 0.1) is 5.92 Å². The number of hydrogen-bond donors (Lipinski definition) is 2. The Morgan fingerprint density at radius 3 is 2.14 bits per heavy atom. The third-order valence-electron chi connectivity index (χ3n) is 8.58. The van der Waals surface area contributed by atoms with Crippen molar-refractivity contribution in [2.45, 2.75) is 51.2 Å². The number of carbonyl (C=O) groups excluding carboxylic acids is 1. The molecule has 0 spiro atoms. The summed E-state index contributed by atoms with van der Waals surface area (Å²) in [6, 6.07) is 25.5. The van der Waals surface area contributed by atoms with Crippen LogP contribution in [0.25, 0.3) is 11.2 Å². The molecular formula is C37H41N5O7.